The first kappa shape index (κ1) is 23.0. The van der Waals surface area contributed by atoms with Crippen molar-refractivity contribution in [1.82, 2.24) is 14.9 Å². The molecule has 1 heterocycles. The Morgan fingerprint density at radius 3 is 2.72 bits per heavy atom. The molecule has 0 atom stereocenters. The van der Waals surface area contributed by atoms with Crippen molar-refractivity contribution in [2.45, 2.75) is 26.2 Å². The van der Waals surface area contributed by atoms with E-state index in [1.54, 1.807) is 18.2 Å². The first-order chi connectivity index (χ1) is 13.9. The molecule has 0 spiro atoms. The number of hydrogen-bond donors (Lipinski definition) is 2. The van der Waals surface area contributed by atoms with Crippen molar-refractivity contribution in [3.63, 3.8) is 0 Å². The maximum absolute atomic E-state index is 12.5. The molecule has 2 rings (SSSR count). The molecule has 29 heavy (non-hydrogen) atoms. The van der Waals surface area contributed by atoms with Crippen LogP contribution in [0.15, 0.2) is 18.2 Å². The molecule has 1 aliphatic rings. The number of nitrogens with zero attached hydrogens (tertiary/aromatic N) is 1. The zero-order valence-electron chi connectivity index (χ0n) is 16.9. The molecule has 0 radical (unpaired) electrons. The zero-order chi connectivity index (χ0) is 21.3. The van der Waals surface area contributed by atoms with Gasteiger partial charge < -0.3 is 20.1 Å². The lowest BCUT2D eigenvalue weighted by molar-refractivity contribution is -0.121. The highest BCUT2D eigenvalue weighted by Crippen LogP contribution is 2.25. The average molecular weight is 428 g/mol. The van der Waals surface area contributed by atoms with Crippen LogP contribution >= 0.6 is 0 Å². The van der Waals surface area contributed by atoms with Crippen molar-refractivity contribution in [1.29, 1.82) is 0 Å². The molecule has 162 valence electrons. The molecule has 1 aromatic rings. The summed E-state index contributed by atoms with van der Waals surface area (Å²) in [7, 11) is -2.02. The Labute approximate surface area is 171 Å². The first-order valence-corrected chi connectivity index (χ1v) is 11.3. The van der Waals surface area contributed by atoms with Crippen molar-refractivity contribution in [2.24, 2.45) is 0 Å². The number of amides is 2. The van der Waals surface area contributed by atoms with Gasteiger partial charge >= 0.3 is 0 Å². The minimum Gasteiger partial charge on any atom is -0.497 e. The second kappa shape index (κ2) is 11.0. The number of unbranched alkanes of at least 4 members (excludes halogenated alkanes) is 1. The molecular weight excluding hydrogens is 398 g/mol. The van der Waals surface area contributed by atoms with Gasteiger partial charge in [-0.2, -0.15) is 4.31 Å². The van der Waals surface area contributed by atoms with E-state index in [4.69, 9.17) is 9.47 Å². The number of fused-ring (bicyclic) bond motifs is 1. The lowest BCUT2D eigenvalue weighted by Gasteiger charge is -2.22. The minimum atomic E-state index is -3.54. The number of carbonyl (C=O) groups is 2. The predicted octanol–water partition coefficient (Wildman–Crippen LogP) is 0.756. The summed E-state index contributed by atoms with van der Waals surface area (Å²) < 4.78 is 37.1. The van der Waals surface area contributed by atoms with Gasteiger partial charge in [0.15, 0.2) is 0 Å². The van der Waals surface area contributed by atoms with Crippen LogP contribution < -0.4 is 20.1 Å². The van der Waals surface area contributed by atoms with Crippen LogP contribution in [0.1, 0.15) is 36.5 Å². The van der Waals surface area contributed by atoms with E-state index in [0.29, 0.717) is 29.9 Å². The maximum Gasteiger partial charge on any atom is 0.255 e. The third-order valence-corrected chi connectivity index (χ3v) is 6.36. The van der Waals surface area contributed by atoms with E-state index in [1.165, 1.54) is 11.4 Å². The third kappa shape index (κ3) is 6.90. The summed E-state index contributed by atoms with van der Waals surface area (Å²) in [6.45, 7) is 2.40. The maximum atomic E-state index is 12.5. The van der Waals surface area contributed by atoms with Crippen molar-refractivity contribution in [3.8, 4) is 11.5 Å². The Morgan fingerprint density at radius 1 is 1.21 bits per heavy atom. The number of ether oxygens (including phenoxy) is 2. The lowest BCUT2D eigenvalue weighted by atomic mass is 10.1. The molecule has 0 fully saturated rings. The SMILES string of the molecule is CCCCS(=O)(=O)N1CCCNC(=O)c2ccc(OC)cc2OCCNC(=O)C1. The van der Waals surface area contributed by atoms with Gasteiger partial charge in [0.1, 0.15) is 18.1 Å². The van der Waals surface area contributed by atoms with Crippen molar-refractivity contribution >= 4 is 21.8 Å². The van der Waals surface area contributed by atoms with Crippen LogP contribution in [0.5, 0.6) is 11.5 Å². The highest BCUT2D eigenvalue weighted by Gasteiger charge is 2.24. The molecule has 0 aliphatic carbocycles. The second-order valence-electron chi connectivity index (χ2n) is 6.67. The number of benzene rings is 1. The van der Waals surface area contributed by atoms with Crippen molar-refractivity contribution < 1.29 is 27.5 Å². The van der Waals surface area contributed by atoms with Crippen LogP contribution in [-0.4, -0.2) is 70.2 Å². The fourth-order valence-electron chi connectivity index (χ4n) is 2.83. The molecule has 0 unspecified atom stereocenters. The Morgan fingerprint density at radius 2 is 2.00 bits per heavy atom. The summed E-state index contributed by atoms with van der Waals surface area (Å²) >= 11 is 0. The number of sulfonamides is 1. The smallest absolute Gasteiger partial charge is 0.255 e. The third-order valence-electron chi connectivity index (χ3n) is 4.45. The summed E-state index contributed by atoms with van der Waals surface area (Å²) in [6.07, 6.45) is 1.67. The topological polar surface area (TPSA) is 114 Å². The van der Waals surface area contributed by atoms with Gasteiger partial charge in [-0.3, -0.25) is 9.59 Å². The molecule has 0 bridgehead atoms. The second-order valence-corrected chi connectivity index (χ2v) is 8.76. The van der Waals surface area contributed by atoms with Crippen molar-refractivity contribution in [2.75, 3.05) is 45.6 Å². The highest BCUT2D eigenvalue weighted by molar-refractivity contribution is 7.89. The van der Waals surface area contributed by atoms with Gasteiger partial charge in [-0.15, -0.1) is 0 Å². The quantitative estimate of drug-likeness (QED) is 0.717. The summed E-state index contributed by atoms with van der Waals surface area (Å²) in [5, 5.41) is 5.44. The molecule has 2 N–H and O–H groups in total. The van der Waals surface area contributed by atoms with Crippen molar-refractivity contribution in [3.05, 3.63) is 23.8 Å². The standard InChI is InChI=1S/C19H29N3O6S/c1-3-4-12-29(25,26)22-10-5-8-21-19(24)16-7-6-15(27-2)13-17(16)28-11-9-20-18(23)14-22/h6-7,13H,3-5,8-12,14H2,1-2H3,(H,20,23)(H,21,24). The Balaban J connectivity index is 2.15. The van der Waals surface area contributed by atoms with Gasteiger partial charge in [-0.1, -0.05) is 13.3 Å². The van der Waals surface area contributed by atoms with Gasteiger partial charge in [0.25, 0.3) is 5.91 Å². The fourth-order valence-corrected chi connectivity index (χ4v) is 4.46. The predicted molar refractivity (Wildman–Crippen MR) is 109 cm³/mol. The Bertz CT molecular complexity index is 812. The molecule has 0 saturated heterocycles. The van der Waals surface area contributed by atoms with Crippen LogP contribution in [0, 0.1) is 0 Å². The van der Waals surface area contributed by atoms with E-state index in [0.717, 1.165) is 6.42 Å². The zero-order valence-corrected chi connectivity index (χ0v) is 17.7. The summed E-state index contributed by atoms with van der Waals surface area (Å²) in [6, 6.07) is 4.88. The van der Waals surface area contributed by atoms with E-state index in [-0.39, 0.29) is 50.4 Å². The van der Waals surface area contributed by atoms with E-state index >= 15 is 0 Å². The normalized spacial score (nSPS) is 17.3. The molecule has 9 nitrogen and oxygen atoms in total. The highest BCUT2D eigenvalue weighted by atomic mass is 32.2. The summed E-state index contributed by atoms with van der Waals surface area (Å²) in [4.78, 5) is 24.7. The molecule has 0 aromatic heterocycles. The van der Waals surface area contributed by atoms with Gasteiger partial charge in [-0.25, -0.2) is 8.42 Å². The number of nitrogens with one attached hydrogen (secondary N) is 2. The summed E-state index contributed by atoms with van der Waals surface area (Å²) in [5.41, 5.74) is 0.349. The minimum absolute atomic E-state index is 0.00145. The van der Waals surface area contributed by atoms with E-state index in [9.17, 15) is 18.0 Å². The van der Waals surface area contributed by atoms with Crippen LogP contribution in [-0.2, 0) is 14.8 Å². The largest absolute Gasteiger partial charge is 0.497 e. The Kier molecular flexibility index (Phi) is 8.71. The monoisotopic (exact) mass is 427 g/mol. The lowest BCUT2D eigenvalue weighted by Crippen LogP contribution is -2.43. The first-order valence-electron chi connectivity index (χ1n) is 9.71. The van der Waals surface area contributed by atoms with Gasteiger partial charge in [0, 0.05) is 19.2 Å². The fraction of sp³-hybridized carbons (Fsp3) is 0.579. The van der Waals surface area contributed by atoms with Crippen LogP contribution in [0.25, 0.3) is 0 Å². The van der Waals surface area contributed by atoms with E-state index in [1.807, 2.05) is 6.92 Å². The Hall–Kier alpha value is -2.33. The molecule has 1 aromatic carbocycles. The van der Waals surface area contributed by atoms with Gasteiger partial charge in [0.05, 0.1) is 31.5 Å². The molecule has 2 amide bonds. The van der Waals surface area contributed by atoms with E-state index < -0.39 is 10.0 Å². The number of hydrogen-bond acceptors (Lipinski definition) is 6. The van der Waals surface area contributed by atoms with Crippen LogP contribution in [0.4, 0.5) is 0 Å². The number of rotatable bonds is 5. The van der Waals surface area contributed by atoms with E-state index in [2.05, 4.69) is 10.6 Å². The van der Waals surface area contributed by atoms with Gasteiger partial charge in [-0.05, 0) is 25.0 Å². The average Bonchev–Trinajstić information content (AvgIpc) is 2.70. The van der Waals surface area contributed by atoms with Gasteiger partial charge in [0.2, 0.25) is 15.9 Å². The van der Waals surface area contributed by atoms with Crippen LogP contribution in [0.2, 0.25) is 0 Å². The molecule has 0 saturated carbocycles. The summed E-state index contributed by atoms with van der Waals surface area (Å²) in [5.74, 6) is 0.206. The van der Waals surface area contributed by atoms with Crippen LogP contribution in [0.3, 0.4) is 0 Å². The number of carbonyl (C=O) groups excluding carboxylic acids is 2. The molecule has 10 heteroatoms. The number of methoxy groups -OCH3 is 1. The molecule has 1 aliphatic heterocycles. The molecular formula is C19H29N3O6S.